The van der Waals surface area contributed by atoms with E-state index >= 15 is 0 Å². The SMILES string of the molecule is CN(C)C(=O)N1CC=C(c2ccc(-c3nc4nc(O)[nH]c4cc3Cl)cc2)CC1. The summed E-state index contributed by atoms with van der Waals surface area (Å²) in [5.41, 5.74) is 4.84. The number of nitrogens with one attached hydrogen (secondary N) is 1. The van der Waals surface area contributed by atoms with Crippen LogP contribution in [0.1, 0.15) is 12.0 Å². The maximum absolute atomic E-state index is 12.0. The van der Waals surface area contributed by atoms with Gasteiger partial charge in [0.2, 0.25) is 0 Å². The van der Waals surface area contributed by atoms with Crippen molar-refractivity contribution in [2.24, 2.45) is 0 Å². The minimum atomic E-state index is -0.183. The molecule has 1 aromatic carbocycles. The summed E-state index contributed by atoms with van der Waals surface area (Å²) in [5.74, 6) is 0. The number of nitrogens with zero attached hydrogens (tertiary/aromatic N) is 4. The van der Waals surface area contributed by atoms with Crippen LogP contribution in [0.25, 0.3) is 28.0 Å². The van der Waals surface area contributed by atoms with Gasteiger partial charge < -0.3 is 19.9 Å². The first-order valence-electron chi connectivity index (χ1n) is 8.93. The summed E-state index contributed by atoms with van der Waals surface area (Å²) in [5, 5.41) is 9.97. The number of benzene rings is 1. The van der Waals surface area contributed by atoms with E-state index in [2.05, 4.69) is 21.0 Å². The number of hydrogen-bond donors (Lipinski definition) is 2. The van der Waals surface area contributed by atoms with Gasteiger partial charge in [0.15, 0.2) is 5.65 Å². The van der Waals surface area contributed by atoms with E-state index in [-0.39, 0.29) is 12.0 Å². The summed E-state index contributed by atoms with van der Waals surface area (Å²) >= 11 is 6.36. The van der Waals surface area contributed by atoms with Crippen molar-refractivity contribution in [3.05, 3.63) is 47.0 Å². The molecule has 3 aromatic rings. The van der Waals surface area contributed by atoms with Crippen LogP contribution < -0.4 is 0 Å². The van der Waals surface area contributed by atoms with Gasteiger partial charge in [-0.3, -0.25) is 0 Å². The Kier molecular flexibility index (Phi) is 4.68. The standard InChI is InChI=1S/C20H20ClN5O2/c1-25(2)20(28)26-9-7-13(8-10-26)12-3-5-14(6-4-12)17-15(21)11-16-18(23-17)24-19(27)22-16/h3-7,11H,8-10H2,1-2H3,(H2,22,23,24,27). The smallest absolute Gasteiger partial charge is 0.319 e. The molecule has 28 heavy (non-hydrogen) atoms. The second-order valence-electron chi connectivity index (χ2n) is 6.93. The average molecular weight is 398 g/mol. The van der Waals surface area contributed by atoms with Crippen LogP contribution >= 0.6 is 11.6 Å². The number of H-pyrrole nitrogens is 1. The molecule has 0 aliphatic carbocycles. The molecule has 1 aliphatic rings. The van der Waals surface area contributed by atoms with Crippen LogP contribution in [-0.4, -0.2) is 63.1 Å². The average Bonchev–Trinajstić information content (AvgIpc) is 3.06. The van der Waals surface area contributed by atoms with Crippen molar-refractivity contribution in [3.63, 3.8) is 0 Å². The molecule has 1 aliphatic heterocycles. The first-order chi connectivity index (χ1) is 13.4. The van der Waals surface area contributed by atoms with Gasteiger partial charge >= 0.3 is 6.03 Å². The van der Waals surface area contributed by atoms with Gasteiger partial charge in [-0.2, -0.15) is 4.98 Å². The number of aromatic hydroxyl groups is 1. The maximum atomic E-state index is 12.0. The van der Waals surface area contributed by atoms with E-state index in [4.69, 9.17) is 11.6 Å². The molecule has 0 bridgehead atoms. The molecular formula is C20H20ClN5O2. The first kappa shape index (κ1) is 18.3. The Morgan fingerprint density at radius 1 is 1.21 bits per heavy atom. The highest BCUT2D eigenvalue weighted by atomic mass is 35.5. The van der Waals surface area contributed by atoms with Crippen molar-refractivity contribution in [1.82, 2.24) is 24.8 Å². The van der Waals surface area contributed by atoms with E-state index in [1.54, 1.807) is 25.1 Å². The highest BCUT2D eigenvalue weighted by Gasteiger charge is 2.19. The number of imidazole rings is 1. The topological polar surface area (TPSA) is 85.3 Å². The van der Waals surface area contributed by atoms with Gasteiger partial charge in [0.05, 0.1) is 16.2 Å². The lowest BCUT2D eigenvalue weighted by molar-refractivity contribution is 0.176. The minimum Gasteiger partial charge on any atom is -0.480 e. The van der Waals surface area contributed by atoms with Crippen molar-refractivity contribution < 1.29 is 9.90 Å². The molecular weight excluding hydrogens is 378 g/mol. The van der Waals surface area contributed by atoms with E-state index in [1.807, 2.05) is 29.2 Å². The summed E-state index contributed by atoms with van der Waals surface area (Å²) in [6, 6.07) is 9.58. The third kappa shape index (κ3) is 3.41. The second kappa shape index (κ2) is 7.16. The molecule has 0 saturated heterocycles. The predicted octanol–water partition coefficient (Wildman–Crippen LogP) is 3.75. The first-order valence-corrected chi connectivity index (χ1v) is 9.31. The maximum Gasteiger partial charge on any atom is 0.319 e. The second-order valence-corrected chi connectivity index (χ2v) is 7.34. The number of pyridine rings is 1. The number of amides is 2. The van der Waals surface area contributed by atoms with Crippen LogP contribution in [0.5, 0.6) is 6.01 Å². The molecule has 4 rings (SSSR count). The number of aromatic nitrogens is 3. The number of rotatable bonds is 2. The summed E-state index contributed by atoms with van der Waals surface area (Å²) in [6.45, 7) is 1.32. The number of halogens is 1. The van der Waals surface area contributed by atoms with Gasteiger partial charge in [0, 0.05) is 32.7 Å². The molecule has 0 spiro atoms. The fourth-order valence-corrected chi connectivity index (χ4v) is 3.60. The third-order valence-electron chi connectivity index (χ3n) is 4.81. The van der Waals surface area contributed by atoms with Crippen LogP contribution in [0.4, 0.5) is 4.79 Å². The van der Waals surface area contributed by atoms with Gasteiger partial charge in [-0.1, -0.05) is 41.9 Å². The van der Waals surface area contributed by atoms with Crippen LogP contribution in [0, 0.1) is 0 Å². The quantitative estimate of drug-likeness (QED) is 0.689. The number of fused-ring (bicyclic) bond motifs is 1. The number of aromatic amines is 1. The van der Waals surface area contributed by atoms with Crippen molar-refractivity contribution in [2.45, 2.75) is 6.42 Å². The normalized spacial score (nSPS) is 14.2. The molecule has 144 valence electrons. The van der Waals surface area contributed by atoms with Gasteiger partial charge in [0.25, 0.3) is 6.01 Å². The largest absolute Gasteiger partial charge is 0.480 e. The Hall–Kier alpha value is -3.06. The fourth-order valence-electron chi connectivity index (χ4n) is 3.34. The molecule has 0 saturated carbocycles. The molecule has 0 unspecified atom stereocenters. The highest BCUT2D eigenvalue weighted by Crippen LogP contribution is 2.31. The lowest BCUT2D eigenvalue weighted by atomic mass is 9.98. The number of carbonyl (C=O) groups is 1. The van der Waals surface area contributed by atoms with Crippen molar-refractivity contribution in [3.8, 4) is 17.3 Å². The highest BCUT2D eigenvalue weighted by molar-refractivity contribution is 6.33. The van der Waals surface area contributed by atoms with Crippen LogP contribution in [0.3, 0.4) is 0 Å². The zero-order valence-electron chi connectivity index (χ0n) is 15.6. The summed E-state index contributed by atoms with van der Waals surface area (Å²) < 4.78 is 0. The van der Waals surface area contributed by atoms with E-state index in [0.29, 0.717) is 35.0 Å². The lowest BCUT2D eigenvalue weighted by Gasteiger charge is -2.29. The van der Waals surface area contributed by atoms with E-state index in [0.717, 1.165) is 17.5 Å². The summed E-state index contributed by atoms with van der Waals surface area (Å²) in [7, 11) is 3.53. The Balaban J connectivity index is 1.56. The van der Waals surface area contributed by atoms with Crippen molar-refractivity contribution in [2.75, 3.05) is 27.2 Å². The Morgan fingerprint density at radius 2 is 1.93 bits per heavy atom. The summed E-state index contributed by atoms with van der Waals surface area (Å²) in [4.78, 5) is 26.6. The Bertz CT molecular complexity index is 1070. The van der Waals surface area contributed by atoms with Crippen molar-refractivity contribution >= 4 is 34.4 Å². The van der Waals surface area contributed by atoms with E-state index in [1.165, 1.54) is 5.57 Å². The van der Waals surface area contributed by atoms with Crippen LogP contribution in [-0.2, 0) is 0 Å². The van der Waals surface area contributed by atoms with E-state index < -0.39 is 0 Å². The predicted molar refractivity (Wildman–Crippen MR) is 109 cm³/mol. The number of hydrogen-bond acceptors (Lipinski definition) is 4. The zero-order chi connectivity index (χ0) is 19.8. The molecule has 0 radical (unpaired) electrons. The Labute approximate surface area is 167 Å². The van der Waals surface area contributed by atoms with E-state index in [9.17, 15) is 9.90 Å². The monoisotopic (exact) mass is 397 g/mol. The number of carbonyl (C=O) groups excluding carboxylic acids is 1. The van der Waals surface area contributed by atoms with Crippen LogP contribution in [0.2, 0.25) is 5.02 Å². The minimum absolute atomic E-state index is 0.0335. The van der Waals surface area contributed by atoms with Gasteiger partial charge in [-0.15, -0.1) is 0 Å². The molecule has 2 amide bonds. The molecule has 2 aromatic heterocycles. The van der Waals surface area contributed by atoms with Gasteiger partial charge in [-0.25, -0.2) is 9.78 Å². The molecule has 7 nitrogen and oxygen atoms in total. The number of urea groups is 1. The lowest BCUT2D eigenvalue weighted by Crippen LogP contribution is -2.41. The van der Waals surface area contributed by atoms with Gasteiger partial charge in [0.1, 0.15) is 0 Å². The zero-order valence-corrected chi connectivity index (χ0v) is 16.4. The molecule has 3 heterocycles. The third-order valence-corrected chi connectivity index (χ3v) is 5.09. The molecule has 0 atom stereocenters. The summed E-state index contributed by atoms with van der Waals surface area (Å²) in [6.07, 6.45) is 2.92. The molecule has 2 N–H and O–H groups in total. The fraction of sp³-hybridized carbons (Fsp3) is 0.250. The molecule has 8 heteroatoms. The van der Waals surface area contributed by atoms with Gasteiger partial charge in [-0.05, 0) is 23.6 Å². The van der Waals surface area contributed by atoms with Crippen molar-refractivity contribution in [1.29, 1.82) is 0 Å². The van der Waals surface area contributed by atoms with Crippen LogP contribution in [0.15, 0.2) is 36.4 Å². The Morgan fingerprint density at radius 3 is 2.57 bits per heavy atom. The molecule has 0 fully saturated rings.